The van der Waals surface area contributed by atoms with Crippen LogP contribution in [0.2, 0.25) is 0 Å². The Morgan fingerprint density at radius 3 is 2.79 bits per heavy atom. The summed E-state index contributed by atoms with van der Waals surface area (Å²) in [5.41, 5.74) is 6.95. The van der Waals surface area contributed by atoms with E-state index < -0.39 is 0 Å². The third-order valence-corrected chi connectivity index (χ3v) is 6.20. The molecule has 1 saturated carbocycles. The molecule has 1 unspecified atom stereocenters. The smallest absolute Gasteiger partial charge is 0.156 e. The highest BCUT2D eigenvalue weighted by atomic mass is 15.3. The summed E-state index contributed by atoms with van der Waals surface area (Å²) in [5.74, 6) is 0. The van der Waals surface area contributed by atoms with E-state index in [9.17, 15) is 0 Å². The average Bonchev–Trinajstić information content (AvgIpc) is 3.13. The Morgan fingerprint density at radius 1 is 1.04 bits per heavy atom. The van der Waals surface area contributed by atoms with Crippen molar-refractivity contribution >= 4 is 16.7 Å². The molecule has 1 atom stereocenters. The summed E-state index contributed by atoms with van der Waals surface area (Å²) in [4.78, 5) is 9.40. The van der Waals surface area contributed by atoms with Crippen molar-refractivity contribution in [2.24, 2.45) is 0 Å². The molecule has 0 amide bonds. The number of hydrogen-bond acceptors (Lipinski definition) is 5. The van der Waals surface area contributed by atoms with Gasteiger partial charge in [-0.25, -0.2) is 14.5 Å². The van der Waals surface area contributed by atoms with Gasteiger partial charge in [0.2, 0.25) is 0 Å². The first-order chi connectivity index (χ1) is 13.6. The van der Waals surface area contributed by atoms with Crippen molar-refractivity contribution in [2.45, 2.75) is 51.1 Å². The summed E-state index contributed by atoms with van der Waals surface area (Å²) in [5, 5.41) is 13.2. The molecule has 6 rings (SSSR count). The maximum Gasteiger partial charge on any atom is 0.156 e. The van der Waals surface area contributed by atoms with Crippen LogP contribution >= 0.6 is 0 Å². The van der Waals surface area contributed by atoms with E-state index in [4.69, 9.17) is 15.2 Å². The van der Waals surface area contributed by atoms with E-state index in [-0.39, 0.29) is 0 Å². The molecule has 2 aliphatic rings. The van der Waals surface area contributed by atoms with Crippen molar-refractivity contribution in [2.75, 3.05) is 6.54 Å². The van der Waals surface area contributed by atoms with Crippen LogP contribution in [0.15, 0.2) is 30.6 Å². The van der Waals surface area contributed by atoms with Crippen molar-refractivity contribution in [3.63, 3.8) is 0 Å². The second kappa shape index (κ2) is 5.61. The first-order valence-corrected chi connectivity index (χ1v) is 10.0. The lowest BCUT2D eigenvalue weighted by Gasteiger charge is -2.30. The van der Waals surface area contributed by atoms with E-state index in [0.717, 1.165) is 52.3 Å². The Morgan fingerprint density at radius 2 is 1.93 bits per heavy atom. The normalized spacial score (nSPS) is 21.0. The minimum Gasteiger partial charge on any atom is -0.311 e. The largest absolute Gasteiger partial charge is 0.311 e. The maximum absolute atomic E-state index is 4.87. The van der Waals surface area contributed by atoms with E-state index >= 15 is 0 Å². The van der Waals surface area contributed by atoms with Gasteiger partial charge in [-0.1, -0.05) is 0 Å². The molecule has 4 aromatic heterocycles. The van der Waals surface area contributed by atoms with Crippen LogP contribution in [0, 0.1) is 13.8 Å². The van der Waals surface area contributed by atoms with Crippen molar-refractivity contribution in [1.82, 2.24) is 34.7 Å². The number of fused-ring (bicyclic) bond motifs is 2. The summed E-state index contributed by atoms with van der Waals surface area (Å²) in [6.07, 6.45) is 8.96. The third-order valence-electron chi connectivity index (χ3n) is 6.20. The van der Waals surface area contributed by atoms with Gasteiger partial charge in [-0.15, -0.1) is 0 Å². The molecule has 1 saturated heterocycles. The van der Waals surface area contributed by atoms with Gasteiger partial charge in [0.05, 0.1) is 29.8 Å². The summed E-state index contributed by atoms with van der Waals surface area (Å²) in [6.45, 7) is 5.13. The standard InChI is InChI=1S/C21H23N7/c1-13-9-18(26-28-11-14(2)23-20(13)28)16-3-4-17-19(24-16)12-27(25-17)15-5-8-22-21(10-15)6-7-21/h3-4,9,11-12,15,22H,5-8,10H2,1-2H3. The maximum atomic E-state index is 4.87. The first kappa shape index (κ1) is 16.2. The van der Waals surface area contributed by atoms with Crippen LogP contribution in [0.4, 0.5) is 0 Å². The van der Waals surface area contributed by atoms with E-state index in [1.807, 2.05) is 23.7 Å². The molecule has 0 aromatic carbocycles. The second-order valence-electron chi connectivity index (χ2n) is 8.43. The number of hydrogen-bond donors (Lipinski definition) is 1. The van der Waals surface area contributed by atoms with Crippen LogP contribution < -0.4 is 5.32 Å². The molecule has 1 N–H and O–H groups in total. The van der Waals surface area contributed by atoms with Crippen LogP contribution in [0.3, 0.4) is 0 Å². The SMILES string of the molecule is Cc1cn2nc(-c3ccc4nn(C5CCNC6(CC6)C5)cc4n3)cc(C)c2n1. The Kier molecular flexibility index (Phi) is 3.24. The molecule has 1 aliphatic heterocycles. The van der Waals surface area contributed by atoms with Gasteiger partial charge in [-0.05, 0) is 69.8 Å². The van der Waals surface area contributed by atoms with E-state index in [1.54, 1.807) is 0 Å². The lowest BCUT2D eigenvalue weighted by molar-refractivity contribution is 0.272. The molecule has 1 aliphatic carbocycles. The molecule has 4 aromatic rings. The van der Waals surface area contributed by atoms with Gasteiger partial charge < -0.3 is 5.32 Å². The predicted molar refractivity (Wildman–Crippen MR) is 107 cm³/mol. The van der Waals surface area contributed by atoms with Crippen LogP contribution in [0.5, 0.6) is 0 Å². The monoisotopic (exact) mass is 373 g/mol. The van der Waals surface area contributed by atoms with Crippen LogP contribution in [0.25, 0.3) is 28.1 Å². The molecular weight excluding hydrogens is 350 g/mol. The summed E-state index contributed by atoms with van der Waals surface area (Å²) < 4.78 is 3.99. The van der Waals surface area contributed by atoms with Gasteiger partial charge in [0.15, 0.2) is 5.65 Å². The summed E-state index contributed by atoms with van der Waals surface area (Å²) in [6, 6.07) is 6.60. The van der Waals surface area contributed by atoms with Crippen molar-refractivity contribution in [3.8, 4) is 11.4 Å². The number of nitrogens with zero attached hydrogens (tertiary/aromatic N) is 6. The summed E-state index contributed by atoms with van der Waals surface area (Å²) >= 11 is 0. The average molecular weight is 373 g/mol. The van der Waals surface area contributed by atoms with Crippen LogP contribution in [-0.4, -0.2) is 41.4 Å². The molecule has 2 fully saturated rings. The minimum absolute atomic E-state index is 0.388. The highest BCUT2D eigenvalue weighted by Crippen LogP contribution is 2.45. The molecule has 7 nitrogen and oxygen atoms in total. The zero-order valence-corrected chi connectivity index (χ0v) is 16.2. The fraction of sp³-hybridized carbons (Fsp3) is 0.429. The van der Waals surface area contributed by atoms with Crippen LogP contribution in [-0.2, 0) is 0 Å². The zero-order chi connectivity index (χ0) is 18.9. The summed E-state index contributed by atoms with van der Waals surface area (Å²) in [7, 11) is 0. The fourth-order valence-electron chi connectivity index (χ4n) is 4.51. The molecule has 0 bridgehead atoms. The Bertz CT molecular complexity index is 1210. The molecule has 28 heavy (non-hydrogen) atoms. The molecule has 1 spiro atoms. The molecule has 0 radical (unpaired) electrons. The van der Waals surface area contributed by atoms with Gasteiger partial charge in [0.25, 0.3) is 0 Å². The van der Waals surface area contributed by atoms with Crippen molar-refractivity contribution in [1.29, 1.82) is 0 Å². The number of imidazole rings is 1. The molecular formula is C21H23N7. The highest BCUT2D eigenvalue weighted by molar-refractivity contribution is 5.77. The lowest BCUT2D eigenvalue weighted by Crippen LogP contribution is -2.40. The van der Waals surface area contributed by atoms with Gasteiger partial charge in [-0.2, -0.15) is 10.2 Å². The number of nitrogens with one attached hydrogen (secondary N) is 1. The highest BCUT2D eigenvalue weighted by Gasteiger charge is 2.46. The quantitative estimate of drug-likeness (QED) is 0.584. The number of rotatable bonds is 2. The Hall–Kier alpha value is -2.80. The van der Waals surface area contributed by atoms with E-state index in [1.165, 1.54) is 19.3 Å². The van der Waals surface area contributed by atoms with E-state index in [0.29, 0.717) is 11.6 Å². The topological polar surface area (TPSA) is 72.9 Å². The predicted octanol–water partition coefficient (Wildman–Crippen LogP) is 3.21. The van der Waals surface area contributed by atoms with E-state index in [2.05, 4.69) is 40.2 Å². The van der Waals surface area contributed by atoms with Crippen molar-refractivity contribution < 1.29 is 0 Å². The minimum atomic E-state index is 0.388. The van der Waals surface area contributed by atoms with Gasteiger partial charge in [0.1, 0.15) is 16.7 Å². The van der Waals surface area contributed by atoms with Gasteiger partial charge in [-0.3, -0.25) is 4.68 Å². The number of piperidine rings is 1. The Labute approximate surface area is 162 Å². The fourth-order valence-corrected chi connectivity index (χ4v) is 4.51. The van der Waals surface area contributed by atoms with Crippen LogP contribution in [0.1, 0.15) is 43.0 Å². The Balaban J connectivity index is 1.38. The molecule has 7 heteroatoms. The number of aryl methyl sites for hydroxylation is 2. The second-order valence-corrected chi connectivity index (χ2v) is 8.43. The zero-order valence-electron chi connectivity index (χ0n) is 16.2. The molecule has 5 heterocycles. The van der Waals surface area contributed by atoms with Gasteiger partial charge >= 0.3 is 0 Å². The lowest BCUT2D eigenvalue weighted by atomic mass is 9.98. The third kappa shape index (κ3) is 2.53. The van der Waals surface area contributed by atoms with Crippen molar-refractivity contribution in [3.05, 3.63) is 41.9 Å². The number of pyridine rings is 1. The number of aromatic nitrogens is 6. The van der Waals surface area contributed by atoms with Gasteiger partial charge in [0, 0.05) is 5.54 Å². The first-order valence-electron chi connectivity index (χ1n) is 10.0. The molecule has 142 valence electrons.